The van der Waals surface area contributed by atoms with Crippen molar-refractivity contribution in [3.63, 3.8) is 0 Å². The lowest BCUT2D eigenvalue weighted by molar-refractivity contribution is -0.118. The standard InChI is InChI=1S/C15H18N2O3/c16-11-3-2-10(8-11)15(18)17-12-4-5-13-14(9-12)20-7-1-6-19-13/h2-5,9-11H,1,6-8,16H2,(H,17,18). The third-order valence-corrected chi connectivity index (χ3v) is 3.47. The van der Waals surface area contributed by atoms with Gasteiger partial charge in [0.05, 0.1) is 19.1 Å². The molecule has 0 saturated heterocycles. The highest BCUT2D eigenvalue weighted by molar-refractivity contribution is 5.94. The largest absolute Gasteiger partial charge is 0.490 e. The zero-order valence-corrected chi connectivity index (χ0v) is 11.2. The summed E-state index contributed by atoms with van der Waals surface area (Å²) in [5.74, 6) is 1.21. The molecular formula is C15H18N2O3. The van der Waals surface area contributed by atoms with Crippen LogP contribution in [0, 0.1) is 5.92 Å². The predicted octanol–water partition coefficient (Wildman–Crippen LogP) is 1.69. The Morgan fingerprint density at radius 3 is 2.75 bits per heavy atom. The van der Waals surface area contributed by atoms with E-state index in [1.165, 1.54) is 0 Å². The van der Waals surface area contributed by atoms with Crippen molar-refractivity contribution in [3.05, 3.63) is 30.4 Å². The number of ether oxygens (including phenoxy) is 2. The second-order valence-corrected chi connectivity index (χ2v) is 5.09. The van der Waals surface area contributed by atoms with Gasteiger partial charge in [-0.2, -0.15) is 0 Å². The molecule has 1 aromatic rings. The zero-order valence-electron chi connectivity index (χ0n) is 11.2. The maximum Gasteiger partial charge on any atom is 0.231 e. The van der Waals surface area contributed by atoms with E-state index in [-0.39, 0.29) is 17.9 Å². The van der Waals surface area contributed by atoms with Gasteiger partial charge in [-0.25, -0.2) is 0 Å². The molecule has 106 valence electrons. The van der Waals surface area contributed by atoms with Crippen molar-refractivity contribution < 1.29 is 14.3 Å². The second-order valence-electron chi connectivity index (χ2n) is 5.09. The molecule has 2 unspecified atom stereocenters. The minimum absolute atomic E-state index is 0.0190. The number of benzene rings is 1. The summed E-state index contributed by atoms with van der Waals surface area (Å²) in [6.07, 6.45) is 5.26. The zero-order chi connectivity index (χ0) is 13.9. The molecule has 2 atom stereocenters. The van der Waals surface area contributed by atoms with Crippen molar-refractivity contribution in [1.29, 1.82) is 0 Å². The molecule has 1 heterocycles. The van der Waals surface area contributed by atoms with Gasteiger partial charge in [-0.15, -0.1) is 0 Å². The topological polar surface area (TPSA) is 73.6 Å². The Morgan fingerprint density at radius 2 is 2.00 bits per heavy atom. The van der Waals surface area contributed by atoms with Gasteiger partial charge in [-0.05, 0) is 18.6 Å². The van der Waals surface area contributed by atoms with Crippen LogP contribution in [0.5, 0.6) is 11.5 Å². The number of nitrogens with one attached hydrogen (secondary N) is 1. The van der Waals surface area contributed by atoms with Gasteiger partial charge in [0.2, 0.25) is 5.91 Å². The van der Waals surface area contributed by atoms with Crippen molar-refractivity contribution >= 4 is 11.6 Å². The Bertz CT molecular complexity index is 542. The maximum atomic E-state index is 12.1. The number of anilines is 1. The Hall–Kier alpha value is -2.01. The smallest absolute Gasteiger partial charge is 0.231 e. The molecule has 3 N–H and O–H groups in total. The summed E-state index contributed by atoms with van der Waals surface area (Å²) in [4.78, 5) is 12.1. The molecule has 0 aromatic heterocycles. The van der Waals surface area contributed by atoms with Gasteiger partial charge in [0.1, 0.15) is 0 Å². The van der Waals surface area contributed by atoms with Gasteiger partial charge in [0.25, 0.3) is 0 Å². The SMILES string of the molecule is NC1C=CC(C(=O)Nc2ccc3c(c2)OCCCO3)C1. The first-order valence-electron chi connectivity index (χ1n) is 6.87. The van der Waals surface area contributed by atoms with E-state index in [0.717, 1.165) is 12.2 Å². The number of hydrogen-bond donors (Lipinski definition) is 2. The van der Waals surface area contributed by atoms with E-state index in [2.05, 4.69) is 5.32 Å². The van der Waals surface area contributed by atoms with E-state index in [0.29, 0.717) is 31.1 Å². The number of hydrogen-bond acceptors (Lipinski definition) is 4. The monoisotopic (exact) mass is 274 g/mol. The Kier molecular flexibility index (Phi) is 3.60. The van der Waals surface area contributed by atoms with Gasteiger partial charge >= 0.3 is 0 Å². The molecule has 20 heavy (non-hydrogen) atoms. The first-order valence-corrected chi connectivity index (χ1v) is 6.87. The van der Waals surface area contributed by atoms with Crippen molar-refractivity contribution in [2.24, 2.45) is 11.7 Å². The first kappa shape index (κ1) is 13.0. The summed E-state index contributed by atoms with van der Waals surface area (Å²) in [5, 5.41) is 2.89. The molecule has 0 fully saturated rings. The van der Waals surface area contributed by atoms with Crippen molar-refractivity contribution in [1.82, 2.24) is 0 Å². The summed E-state index contributed by atoms with van der Waals surface area (Å²) in [5.41, 5.74) is 6.48. The molecule has 3 rings (SSSR count). The maximum absolute atomic E-state index is 12.1. The summed E-state index contributed by atoms with van der Waals surface area (Å²) >= 11 is 0. The molecular weight excluding hydrogens is 256 g/mol. The number of amides is 1. The number of fused-ring (bicyclic) bond motifs is 1. The Labute approximate surface area is 117 Å². The molecule has 2 aliphatic rings. The Balaban J connectivity index is 1.70. The van der Waals surface area contributed by atoms with Crippen LogP contribution in [-0.4, -0.2) is 25.2 Å². The molecule has 1 aliphatic heterocycles. The third-order valence-electron chi connectivity index (χ3n) is 3.47. The lowest BCUT2D eigenvalue weighted by Crippen LogP contribution is -2.23. The number of nitrogens with two attached hydrogens (primary N) is 1. The van der Waals surface area contributed by atoms with Gasteiger partial charge < -0.3 is 20.5 Å². The van der Waals surface area contributed by atoms with Gasteiger partial charge in [-0.1, -0.05) is 12.2 Å². The van der Waals surface area contributed by atoms with E-state index >= 15 is 0 Å². The van der Waals surface area contributed by atoms with E-state index in [9.17, 15) is 4.79 Å². The van der Waals surface area contributed by atoms with E-state index in [1.807, 2.05) is 24.3 Å². The van der Waals surface area contributed by atoms with Crippen molar-refractivity contribution in [2.75, 3.05) is 18.5 Å². The molecule has 0 bridgehead atoms. The van der Waals surface area contributed by atoms with Crippen LogP contribution in [0.15, 0.2) is 30.4 Å². The van der Waals surface area contributed by atoms with Crippen LogP contribution in [0.3, 0.4) is 0 Å². The van der Waals surface area contributed by atoms with Crippen LogP contribution in [0.2, 0.25) is 0 Å². The average Bonchev–Trinajstić information content (AvgIpc) is 2.74. The predicted molar refractivity (Wildman–Crippen MR) is 75.9 cm³/mol. The lowest BCUT2D eigenvalue weighted by Gasteiger charge is -2.13. The molecule has 5 heteroatoms. The minimum Gasteiger partial charge on any atom is -0.490 e. The fourth-order valence-corrected chi connectivity index (χ4v) is 2.40. The normalized spacial score (nSPS) is 24.2. The molecule has 1 aliphatic carbocycles. The fourth-order valence-electron chi connectivity index (χ4n) is 2.40. The van der Waals surface area contributed by atoms with Crippen molar-refractivity contribution in [3.8, 4) is 11.5 Å². The van der Waals surface area contributed by atoms with Crippen molar-refractivity contribution in [2.45, 2.75) is 18.9 Å². The van der Waals surface area contributed by atoms with E-state index in [1.54, 1.807) is 6.07 Å². The number of carbonyl (C=O) groups excluding carboxylic acids is 1. The summed E-state index contributed by atoms with van der Waals surface area (Å²) in [6, 6.07) is 5.43. The van der Waals surface area contributed by atoms with Crippen LogP contribution < -0.4 is 20.5 Å². The average molecular weight is 274 g/mol. The van der Waals surface area contributed by atoms with Crippen LogP contribution in [-0.2, 0) is 4.79 Å². The summed E-state index contributed by atoms with van der Waals surface area (Å²) in [6.45, 7) is 1.29. The third kappa shape index (κ3) is 2.77. The van der Waals surface area contributed by atoms with E-state index < -0.39 is 0 Å². The molecule has 1 aromatic carbocycles. The highest BCUT2D eigenvalue weighted by atomic mass is 16.5. The first-order chi connectivity index (χ1) is 9.72. The highest BCUT2D eigenvalue weighted by Crippen LogP contribution is 2.32. The van der Waals surface area contributed by atoms with Crippen LogP contribution in [0.25, 0.3) is 0 Å². The number of rotatable bonds is 2. The summed E-state index contributed by atoms with van der Waals surface area (Å²) < 4.78 is 11.2. The molecule has 5 nitrogen and oxygen atoms in total. The molecule has 0 spiro atoms. The van der Waals surface area contributed by atoms with Crippen LogP contribution in [0.1, 0.15) is 12.8 Å². The number of carbonyl (C=O) groups is 1. The highest BCUT2D eigenvalue weighted by Gasteiger charge is 2.23. The lowest BCUT2D eigenvalue weighted by atomic mass is 10.1. The van der Waals surface area contributed by atoms with Gasteiger partial charge in [0.15, 0.2) is 11.5 Å². The molecule has 0 saturated carbocycles. The quantitative estimate of drug-likeness (QED) is 0.805. The summed E-state index contributed by atoms with van der Waals surface area (Å²) in [7, 11) is 0. The van der Waals surface area contributed by atoms with E-state index in [4.69, 9.17) is 15.2 Å². The van der Waals surface area contributed by atoms with Gasteiger partial charge in [-0.3, -0.25) is 4.79 Å². The molecule has 0 radical (unpaired) electrons. The second kappa shape index (κ2) is 5.54. The van der Waals surface area contributed by atoms with Gasteiger partial charge in [0, 0.05) is 24.2 Å². The Morgan fingerprint density at radius 1 is 1.20 bits per heavy atom. The van der Waals surface area contributed by atoms with Crippen LogP contribution in [0.4, 0.5) is 5.69 Å². The fraction of sp³-hybridized carbons (Fsp3) is 0.400. The van der Waals surface area contributed by atoms with Crippen LogP contribution >= 0.6 is 0 Å². The minimum atomic E-state index is -0.152. The molecule has 1 amide bonds.